The number of aliphatic hydroxyl groups excluding tert-OH is 1. The third kappa shape index (κ3) is 3.39. The maximum Gasteiger partial charge on any atom is 0.0602 e. The molecule has 4 rings (SSSR count). The van der Waals surface area contributed by atoms with Crippen LogP contribution in [0.1, 0.15) is 92.4 Å². The molecule has 3 saturated carbocycles. The lowest BCUT2D eigenvalue weighted by molar-refractivity contribution is -0.0954. The van der Waals surface area contributed by atoms with E-state index in [2.05, 4.69) is 59.4 Å². The molecule has 1 heteroatoms. The van der Waals surface area contributed by atoms with Crippen LogP contribution in [0.3, 0.4) is 0 Å². The Balaban J connectivity index is 1.56. The van der Waals surface area contributed by atoms with E-state index in [0.717, 1.165) is 24.7 Å². The fraction of sp³-hybridized carbons (Fsp3) is 0.793. The number of hydrogen-bond acceptors (Lipinski definition) is 1. The van der Waals surface area contributed by atoms with Crippen LogP contribution < -0.4 is 0 Å². The second kappa shape index (κ2) is 8.27. The largest absolute Gasteiger partial charge is 0.393 e. The van der Waals surface area contributed by atoms with Gasteiger partial charge in [0.15, 0.2) is 0 Å². The molecule has 0 aliphatic heterocycles. The van der Waals surface area contributed by atoms with Crippen molar-refractivity contribution in [1.82, 2.24) is 0 Å². The van der Waals surface area contributed by atoms with Crippen LogP contribution in [-0.2, 0) is 0 Å². The Morgan fingerprint density at radius 1 is 1.17 bits per heavy atom. The maximum atomic E-state index is 11.1. The van der Waals surface area contributed by atoms with E-state index < -0.39 is 0 Å². The first kappa shape index (κ1) is 22.4. The average Bonchev–Trinajstić information content (AvgIpc) is 3.06. The highest BCUT2D eigenvalue weighted by molar-refractivity contribution is 5.28. The monoisotopic (exact) mass is 410 g/mol. The molecule has 0 bridgehead atoms. The third-order valence-corrected chi connectivity index (χ3v) is 10.6. The molecule has 168 valence electrons. The summed E-state index contributed by atoms with van der Waals surface area (Å²) in [5.74, 6) is 4.02. The summed E-state index contributed by atoms with van der Waals surface area (Å²) in [7, 11) is 0. The number of aliphatic hydroxyl groups is 1. The van der Waals surface area contributed by atoms with Crippen LogP contribution in [0.15, 0.2) is 36.0 Å². The molecular weight excluding hydrogens is 364 g/mol. The van der Waals surface area contributed by atoms with Gasteiger partial charge in [0.25, 0.3) is 0 Å². The zero-order valence-corrected chi connectivity index (χ0v) is 20.3. The van der Waals surface area contributed by atoms with E-state index in [1.807, 2.05) is 0 Å². The van der Waals surface area contributed by atoms with Crippen LogP contribution in [0.4, 0.5) is 0 Å². The summed E-state index contributed by atoms with van der Waals surface area (Å²) < 4.78 is 0. The SMILES string of the molecule is C=C(C)[C@@H](/C=C/[C@@H](C)[C@H]1CC[C@H]2C3=CCC4CCCC(O)[C@]4(C)[C@H]3CC[C@]12C)CC. The lowest BCUT2D eigenvalue weighted by Crippen LogP contribution is -2.54. The number of allylic oxidation sites excluding steroid dienone is 5. The third-order valence-electron chi connectivity index (χ3n) is 10.6. The van der Waals surface area contributed by atoms with Gasteiger partial charge in [0, 0.05) is 5.41 Å². The molecule has 0 aromatic carbocycles. The molecular formula is C29H46O. The molecule has 4 aliphatic rings. The summed E-state index contributed by atoms with van der Waals surface area (Å²) in [5.41, 5.74) is 3.61. The predicted molar refractivity (Wildman–Crippen MR) is 128 cm³/mol. The van der Waals surface area contributed by atoms with Crippen molar-refractivity contribution >= 4 is 0 Å². The van der Waals surface area contributed by atoms with Gasteiger partial charge < -0.3 is 5.11 Å². The Labute approximate surface area is 186 Å². The van der Waals surface area contributed by atoms with Gasteiger partial charge in [-0.15, -0.1) is 0 Å². The number of hydrogen-bond donors (Lipinski definition) is 1. The van der Waals surface area contributed by atoms with Gasteiger partial charge in [-0.1, -0.05) is 70.1 Å². The minimum absolute atomic E-state index is 0.0958. The smallest absolute Gasteiger partial charge is 0.0602 e. The molecule has 1 nitrogen and oxygen atoms in total. The van der Waals surface area contributed by atoms with Crippen molar-refractivity contribution in [2.24, 2.45) is 46.3 Å². The highest BCUT2D eigenvalue weighted by Crippen LogP contribution is 2.66. The second-order valence-electron chi connectivity index (χ2n) is 11.9. The zero-order valence-electron chi connectivity index (χ0n) is 20.3. The van der Waals surface area contributed by atoms with Gasteiger partial charge in [-0.25, -0.2) is 0 Å². The molecule has 0 saturated heterocycles. The van der Waals surface area contributed by atoms with E-state index in [1.165, 1.54) is 50.5 Å². The zero-order chi connectivity index (χ0) is 21.7. The molecule has 0 spiro atoms. The Morgan fingerprint density at radius 3 is 2.63 bits per heavy atom. The van der Waals surface area contributed by atoms with Crippen LogP contribution in [0.2, 0.25) is 0 Å². The van der Waals surface area contributed by atoms with E-state index in [9.17, 15) is 5.11 Å². The lowest BCUT2D eigenvalue weighted by Gasteiger charge is -2.58. The van der Waals surface area contributed by atoms with Gasteiger partial charge in [-0.05, 0) is 99.2 Å². The van der Waals surface area contributed by atoms with Crippen molar-refractivity contribution in [2.75, 3.05) is 0 Å². The van der Waals surface area contributed by atoms with Crippen molar-refractivity contribution in [3.05, 3.63) is 36.0 Å². The van der Waals surface area contributed by atoms with Crippen LogP contribution in [0.5, 0.6) is 0 Å². The van der Waals surface area contributed by atoms with Gasteiger partial charge in [-0.3, -0.25) is 0 Å². The van der Waals surface area contributed by atoms with Gasteiger partial charge in [0.2, 0.25) is 0 Å². The molecule has 0 amide bonds. The molecule has 0 aromatic heterocycles. The molecule has 0 heterocycles. The van der Waals surface area contributed by atoms with Crippen molar-refractivity contribution in [3.8, 4) is 0 Å². The van der Waals surface area contributed by atoms with Gasteiger partial charge in [0.1, 0.15) is 0 Å². The van der Waals surface area contributed by atoms with E-state index in [4.69, 9.17) is 0 Å². The summed E-state index contributed by atoms with van der Waals surface area (Å²) in [6, 6.07) is 0. The summed E-state index contributed by atoms with van der Waals surface area (Å²) in [6.45, 7) is 16.1. The van der Waals surface area contributed by atoms with Gasteiger partial charge in [-0.2, -0.15) is 0 Å². The predicted octanol–water partition coefficient (Wildman–Crippen LogP) is 7.72. The first-order valence-corrected chi connectivity index (χ1v) is 12.9. The van der Waals surface area contributed by atoms with Gasteiger partial charge in [0.05, 0.1) is 6.10 Å². The molecule has 3 fully saturated rings. The first-order valence-electron chi connectivity index (χ1n) is 12.9. The summed E-state index contributed by atoms with van der Waals surface area (Å²) >= 11 is 0. The van der Waals surface area contributed by atoms with Crippen LogP contribution in [-0.4, -0.2) is 11.2 Å². The Bertz CT molecular complexity index is 716. The lowest BCUT2D eigenvalue weighted by atomic mass is 9.47. The summed E-state index contributed by atoms with van der Waals surface area (Å²) in [4.78, 5) is 0. The minimum Gasteiger partial charge on any atom is -0.393 e. The molecule has 4 aliphatic carbocycles. The highest BCUT2D eigenvalue weighted by atomic mass is 16.3. The molecule has 30 heavy (non-hydrogen) atoms. The number of fused-ring (bicyclic) bond motifs is 5. The quantitative estimate of drug-likeness (QED) is 0.460. The van der Waals surface area contributed by atoms with Crippen molar-refractivity contribution in [3.63, 3.8) is 0 Å². The van der Waals surface area contributed by atoms with Crippen molar-refractivity contribution < 1.29 is 5.11 Å². The fourth-order valence-corrected chi connectivity index (χ4v) is 8.56. The second-order valence-corrected chi connectivity index (χ2v) is 11.9. The van der Waals surface area contributed by atoms with E-state index in [-0.39, 0.29) is 11.5 Å². The van der Waals surface area contributed by atoms with Crippen molar-refractivity contribution in [1.29, 1.82) is 0 Å². The fourth-order valence-electron chi connectivity index (χ4n) is 8.56. The van der Waals surface area contributed by atoms with E-state index in [1.54, 1.807) is 5.57 Å². The van der Waals surface area contributed by atoms with Crippen LogP contribution in [0.25, 0.3) is 0 Å². The van der Waals surface area contributed by atoms with Crippen LogP contribution >= 0.6 is 0 Å². The van der Waals surface area contributed by atoms with E-state index >= 15 is 0 Å². The van der Waals surface area contributed by atoms with Crippen molar-refractivity contribution in [2.45, 2.75) is 98.5 Å². The Morgan fingerprint density at radius 2 is 1.93 bits per heavy atom. The number of rotatable bonds is 5. The summed E-state index contributed by atoms with van der Waals surface area (Å²) in [6.07, 6.45) is 18.8. The minimum atomic E-state index is -0.0958. The first-order chi connectivity index (χ1) is 14.2. The molecule has 0 aromatic rings. The molecule has 2 unspecified atom stereocenters. The maximum absolute atomic E-state index is 11.1. The summed E-state index contributed by atoms with van der Waals surface area (Å²) in [5, 5.41) is 11.1. The normalized spacial score (nSPS) is 45.3. The molecule has 1 N–H and O–H groups in total. The average molecular weight is 411 g/mol. The Hall–Kier alpha value is -0.820. The van der Waals surface area contributed by atoms with E-state index in [0.29, 0.717) is 29.1 Å². The molecule has 0 radical (unpaired) electrons. The van der Waals surface area contributed by atoms with Gasteiger partial charge >= 0.3 is 0 Å². The highest BCUT2D eigenvalue weighted by Gasteiger charge is 2.59. The van der Waals surface area contributed by atoms with Crippen LogP contribution in [0, 0.1) is 46.3 Å². The Kier molecular flexibility index (Phi) is 6.17. The standard InChI is InChI=1S/C29H46O/c1-7-21(19(2)3)12-11-20(4)24-15-16-25-23-14-13-22-9-8-10-27(30)29(22,6)26(23)17-18-28(24,25)5/h11-12,14,20-22,24-27,30H,2,7-10,13,15-18H2,1,3-6H3/b12-11+/t20-,21-,22?,24-,25+,26+,27?,28-,29+/m1/s1. The topological polar surface area (TPSA) is 20.2 Å². The molecule has 9 atom stereocenters.